The summed E-state index contributed by atoms with van der Waals surface area (Å²) in [6.07, 6.45) is 3.20. The molecule has 1 aromatic heterocycles. The van der Waals surface area contributed by atoms with Crippen LogP contribution in [0.5, 0.6) is 0 Å². The quantitative estimate of drug-likeness (QED) is 0.766. The summed E-state index contributed by atoms with van der Waals surface area (Å²) in [5.41, 5.74) is 0.680. The summed E-state index contributed by atoms with van der Waals surface area (Å²) in [4.78, 5) is 16.3. The van der Waals surface area contributed by atoms with Crippen molar-refractivity contribution in [2.75, 3.05) is 26.7 Å². The number of carbonyl (C=O) groups excluding carboxylic acids is 1. The van der Waals surface area contributed by atoms with E-state index < -0.39 is 22.5 Å². The summed E-state index contributed by atoms with van der Waals surface area (Å²) >= 11 is 0. The largest absolute Gasteiger partial charge is 0.418 e. The molecule has 26 heavy (non-hydrogen) atoms. The van der Waals surface area contributed by atoms with Gasteiger partial charge in [0.05, 0.1) is 12.1 Å². The maximum absolute atomic E-state index is 12.5. The van der Waals surface area contributed by atoms with Gasteiger partial charge in [0.25, 0.3) is 0 Å². The molecular weight excluding hydrogens is 364 g/mol. The number of nitrogens with zero attached hydrogens (tertiary/aromatic N) is 4. The van der Waals surface area contributed by atoms with Crippen LogP contribution in [0.15, 0.2) is 10.6 Å². The molecule has 2 bridgehead atoms. The van der Waals surface area contributed by atoms with Gasteiger partial charge in [0.1, 0.15) is 11.5 Å². The molecule has 0 aliphatic carbocycles. The van der Waals surface area contributed by atoms with Crippen molar-refractivity contribution in [2.45, 2.75) is 43.7 Å². The standard InChI is InChI=1S/C15H22N4O6S/c1-17-6-4-10(5-7-17)14-8-12(16-24-14)13-3-2-11-9-18(13)15(20)19(11)25-26(21,22)23/h8,10-11,13H,2-7,9H2,1H3,(H,21,22,23)/t11-,13+/m1/s1. The third-order valence-electron chi connectivity index (χ3n) is 5.51. The molecule has 0 saturated carbocycles. The molecule has 0 spiro atoms. The molecule has 0 radical (unpaired) electrons. The first kappa shape index (κ1) is 17.7. The first-order valence-electron chi connectivity index (χ1n) is 8.74. The normalized spacial score (nSPS) is 28.2. The number of urea groups is 1. The molecule has 1 N–H and O–H groups in total. The predicted molar refractivity (Wildman–Crippen MR) is 88.3 cm³/mol. The smallest absolute Gasteiger partial charge is 0.361 e. The molecule has 3 aliphatic heterocycles. The number of hydrogen-bond acceptors (Lipinski definition) is 7. The van der Waals surface area contributed by atoms with Crippen LogP contribution in [-0.2, 0) is 14.7 Å². The Labute approximate surface area is 151 Å². The van der Waals surface area contributed by atoms with E-state index in [4.69, 9.17) is 9.08 Å². The Morgan fingerprint density at radius 2 is 2.00 bits per heavy atom. The van der Waals surface area contributed by atoms with Crippen molar-refractivity contribution in [2.24, 2.45) is 0 Å². The molecule has 1 aromatic rings. The molecule has 10 nitrogen and oxygen atoms in total. The number of hydroxylamine groups is 2. The van der Waals surface area contributed by atoms with Crippen LogP contribution in [0.2, 0.25) is 0 Å². The summed E-state index contributed by atoms with van der Waals surface area (Å²) in [6, 6.07) is 0.651. The third-order valence-corrected chi connectivity index (χ3v) is 5.86. The molecule has 3 fully saturated rings. The van der Waals surface area contributed by atoms with E-state index in [0.717, 1.165) is 36.8 Å². The number of likely N-dealkylation sites (tertiary alicyclic amines) is 1. The van der Waals surface area contributed by atoms with Gasteiger partial charge >= 0.3 is 16.4 Å². The summed E-state index contributed by atoms with van der Waals surface area (Å²) in [5, 5.41) is 4.92. The summed E-state index contributed by atoms with van der Waals surface area (Å²) in [5.74, 6) is 1.17. The fraction of sp³-hybridized carbons (Fsp3) is 0.733. The lowest BCUT2D eigenvalue weighted by molar-refractivity contribution is -0.0317. The Hall–Kier alpha value is -1.69. The van der Waals surface area contributed by atoms with Crippen LogP contribution < -0.4 is 0 Å². The minimum Gasteiger partial charge on any atom is -0.361 e. The Morgan fingerprint density at radius 3 is 2.69 bits per heavy atom. The third kappa shape index (κ3) is 3.31. The molecular formula is C15H22N4O6S. The highest BCUT2D eigenvalue weighted by atomic mass is 32.3. The van der Waals surface area contributed by atoms with E-state index in [0.29, 0.717) is 31.0 Å². The van der Waals surface area contributed by atoms with Gasteiger partial charge in [0.2, 0.25) is 0 Å². The summed E-state index contributed by atoms with van der Waals surface area (Å²) in [6.45, 7) is 2.35. The lowest BCUT2D eigenvalue weighted by atomic mass is 9.93. The van der Waals surface area contributed by atoms with E-state index in [9.17, 15) is 13.2 Å². The van der Waals surface area contributed by atoms with Crippen LogP contribution in [-0.4, -0.2) is 71.7 Å². The fourth-order valence-electron chi connectivity index (χ4n) is 4.09. The van der Waals surface area contributed by atoms with Crippen molar-refractivity contribution in [3.05, 3.63) is 17.5 Å². The fourth-order valence-corrected chi connectivity index (χ4v) is 4.47. The van der Waals surface area contributed by atoms with Gasteiger partial charge in [-0.15, -0.1) is 4.28 Å². The lowest BCUT2D eigenvalue weighted by Crippen LogP contribution is -2.35. The van der Waals surface area contributed by atoms with Crippen LogP contribution in [0.3, 0.4) is 0 Å². The number of fused-ring (bicyclic) bond motifs is 2. The molecule has 144 valence electrons. The Morgan fingerprint density at radius 1 is 1.27 bits per heavy atom. The zero-order valence-electron chi connectivity index (χ0n) is 14.4. The molecule has 0 aromatic carbocycles. The second kappa shape index (κ2) is 6.48. The number of hydrogen-bond donors (Lipinski definition) is 1. The van der Waals surface area contributed by atoms with Crippen molar-refractivity contribution >= 4 is 16.4 Å². The second-order valence-corrected chi connectivity index (χ2v) is 8.25. The number of piperidine rings is 2. The summed E-state index contributed by atoms with van der Waals surface area (Å²) < 4.78 is 40.8. The first-order chi connectivity index (χ1) is 12.3. The molecule has 3 saturated heterocycles. The topological polar surface area (TPSA) is 116 Å². The maximum atomic E-state index is 12.5. The van der Waals surface area contributed by atoms with E-state index in [2.05, 4.69) is 21.4 Å². The van der Waals surface area contributed by atoms with Crippen LogP contribution in [0, 0.1) is 0 Å². The Kier molecular flexibility index (Phi) is 4.41. The van der Waals surface area contributed by atoms with Crippen molar-refractivity contribution < 1.29 is 26.6 Å². The molecule has 11 heteroatoms. The monoisotopic (exact) mass is 386 g/mol. The average molecular weight is 386 g/mol. The zero-order valence-corrected chi connectivity index (χ0v) is 15.3. The lowest BCUT2D eigenvalue weighted by Gasteiger charge is -2.28. The van der Waals surface area contributed by atoms with Gasteiger partial charge in [-0.05, 0) is 45.8 Å². The van der Waals surface area contributed by atoms with Gasteiger partial charge in [-0.2, -0.15) is 13.5 Å². The predicted octanol–water partition coefficient (Wildman–Crippen LogP) is 1.16. The highest BCUT2D eigenvalue weighted by molar-refractivity contribution is 7.80. The van der Waals surface area contributed by atoms with Crippen LogP contribution in [0.25, 0.3) is 0 Å². The molecule has 4 rings (SSSR count). The van der Waals surface area contributed by atoms with E-state index in [1.54, 1.807) is 0 Å². The van der Waals surface area contributed by atoms with Crippen LogP contribution in [0.4, 0.5) is 4.79 Å². The van der Waals surface area contributed by atoms with Crippen molar-refractivity contribution in [3.8, 4) is 0 Å². The van der Waals surface area contributed by atoms with E-state index in [-0.39, 0.29) is 6.04 Å². The Balaban J connectivity index is 1.49. The van der Waals surface area contributed by atoms with Gasteiger partial charge in [-0.25, -0.2) is 4.79 Å². The van der Waals surface area contributed by atoms with Crippen LogP contribution in [0.1, 0.15) is 49.1 Å². The number of carbonyl (C=O) groups is 1. The Bertz CT molecular complexity index is 788. The van der Waals surface area contributed by atoms with Gasteiger partial charge in [-0.3, -0.25) is 4.55 Å². The summed E-state index contributed by atoms with van der Waals surface area (Å²) in [7, 11) is -2.64. The zero-order chi connectivity index (χ0) is 18.5. The minimum absolute atomic E-state index is 0.280. The second-order valence-electron chi connectivity index (χ2n) is 7.24. The van der Waals surface area contributed by atoms with E-state index in [1.807, 2.05) is 6.07 Å². The molecule has 3 aliphatic rings. The molecule has 0 unspecified atom stereocenters. The minimum atomic E-state index is -4.74. The number of rotatable bonds is 4. The highest BCUT2D eigenvalue weighted by Crippen LogP contribution is 2.39. The molecule has 2 atom stereocenters. The molecule has 4 heterocycles. The van der Waals surface area contributed by atoms with Gasteiger partial charge < -0.3 is 14.3 Å². The molecule has 2 amide bonds. The van der Waals surface area contributed by atoms with Gasteiger partial charge in [0, 0.05) is 18.5 Å². The SMILES string of the molecule is CN1CCC(c2cc([C@@H]3CC[C@@H]4CN3C(=O)N4OS(=O)(=O)O)no2)CC1. The van der Waals surface area contributed by atoms with Gasteiger partial charge in [0.15, 0.2) is 0 Å². The average Bonchev–Trinajstić information content (AvgIpc) is 3.15. The van der Waals surface area contributed by atoms with Crippen molar-refractivity contribution in [1.82, 2.24) is 20.0 Å². The van der Waals surface area contributed by atoms with Crippen LogP contribution >= 0.6 is 0 Å². The number of aromatic nitrogens is 1. The number of amides is 2. The first-order valence-corrected chi connectivity index (χ1v) is 10.1. The van der Waals surface area contributed by atoms with Crippen molar-refractivity contribution in [1.29, 1.82) is 0 Å². The van der Waals surface area contributed by atoms with Crippen molar-refractivity contribution in [3.63, 3.8) is 0 Å². The van der Waals surface area contributed by atoms with Gasteiger partial charge in [-0.1, -0.05) is 5.16 Å². The van der Waals surface area contributed by atoms with E-state index in [1.165, 1.54) is 4.90 Å². The maximum Gasteiger partial charge on any atom is 0.418 e. The van der Waals surface area contributed by atoms with E-state index >= 15 is 0 Å². The highest BCUT2D eigenvalue weighted by Gasteiger charge is 2.48.